The molecule has 0 aromatic heterocycles. The van der Waals surface area contributed by atoms with Crippen LogP contribution in [0.15, 0.2) is 18.2 Å². The van der Waals surface area contributed by atoms with Gasteiger partial charge in [-0.25, -0.2) is 0 Å². The molecule has 1 fully saturated rings. The van der Waals surface area contributed by atoms with E-state index in [1.165, 1.54) is 18.9 Å². The van der Waals surface area contributed by atoms with E-state index in [4.69, 9.17) is 0 Å². The van der Waals surface area contributed by atoms with Crippen LogP contribution in [0.3, 0.4) is 0 Å². The topological polar surface area (TPSA) is 55.7 Å². The molecule has 0 bridgehead atoms. The first kappa shape index (κ1) is 15.1. The van der Waals surface area contributed by atoms with Gasteiger partial charge < -0.3 is 20.4 Å². The molecule has 1 aromatic rings. The Balaban J connectivity index is 1.95. The van der Waals surface area contributed by atoms with Crippen LogP contribution in [0, 0.1) is 5.41 Å². The van der Waals surface area contributed by atoms with Crippen molar-refractivity contribution in [3.8, 4) is 11.5 Å². The summed E-state index contributed by atoms with van der Waals surface area (Å²) in [6, 6.07) is 4.70. The average Bonchev–Trinajstić information content (AvgIpc) is 2.43. The van der Waals surface area contributed by atoms with E-state index in [0.717, 1.165) is 25.2 Å². The second-order valence-corrected chi connectivity index (χ2v) is 6.46. The van der Waals surface area contributed by atoms with Gasteiger partial charge in [0.05, 0.1) is 0 Å². The van der Waals surface area contributed by atoms with Crippen molar-refractivity contribution in [3.05, 3.63) is 23.8 Å². The fraction of sp³-hybridized carbons (Fsp3) is 0.625. The van der Waals surface area contributed by atoms with Gasteiger partial charge in [-0.2, -0.15) is 0 Å². The van der Waals surface area contributed by atoms with Crippen molar-refractivity contribution in [1.29, 1.82) is 0 Å². The molecule has 0 spiro atoms. The predicted molar refractivity (Wildman–Crippen MR) is 81.0 cm³/mol. The van der Waals surface area contributed by atoms with Gasteiger partial charge in [0.2, 0.25) is 0 Å². The van der Waals surface area contributed by atoms with Crippen LogP contribution in [-0.4, -0.2) is 41.8 Å². The van der Waals surface area contributed by atoms with Crippen molar-refractivity contribution < 1.29 is 10.2 Å². The van der Waals surface area contributed by atoms with Crippen molar-refractivity contribution in [2.75, 3.05) is 26.7 Å². The van der Waals surface area contributed by atoms with Crippen LogP contribution in [0.4, 0.5) is 0 Å². The highest BCUT2D eigenvalue weighted by Gasteiger charge is 2.29. The summed E-state index contributed by atoms with van der Waals surface area (Å²) >= 11 is 0. The highest BCUT2D eigenvalue weighted by Crippen LogP contribution is 2.32. The Hall–Kier alpha value is -1.26. The highest BCUT2D eigenvalue weighted by molar-refractivity contribution is 5.40. The number of benzene rings is 1. The van der Waals surface area contributed by atoms with Crippen molar-refractivity contribution in [2.24, 2.45) is 5.41 Å². The summed E-state index contributed by atoms with van der Waals surface area (Å²) in [6.45, 7) is 7.56. The minimum Gasteiger partial charge on any atom is -0.508 e. The lowest BCUT2D eigenvalue weighted by molar-refractivity contribution is 0.134. The molecule has 1 aromatic carbocycles. The van der Waals surface area contributed by atoms with E-state index < -0.39 is 0 Å². The summed E-state index contributed by atoms with van der Waals surface area (Å²) in [5.41, 5.74) is 1.06. The van der Waals surface area contributed by atoms with Crippen LogP contribution in [0.2, 0.25) is 0 Å². The number of aromatic hydroxyl groups is 2. The maximum Gasteiger partial charge on any atom is 0.120 e. The molecule has 4 nitrogen and oxygen atoms in total. The number of rotatable bonds is 4. The monoisotopic (exact) mass is 278 g/mol. The van der Waals surface area contributed by atoms with Gasteiger partial charge in [0.25, 0.3) is 0 Å². The van der Waals surface area contributed by atoms with Crippen LogP contribution in [0.25, 0.3) is 0 Å². The number of hydrogen-bond acceptors (Lipinski definition) is 4. The third kappa shape index (κ3) is 3.64. The van der Waals surface area contributed by atoms with Crippen molar-refractivity contribution >= 4 is 0 Å². The van der Waals surface area contributed by atoms with Gasteiger partial charge in [0.15, 0.2) is 0 Å². The summed E-state index contributed by atoms with van der Waals surface area (Å²) < 4.78 is 0. The minimum atomic E-state index is 0.0265. The molecule has 112 valence electrons. The molecule has 0 saturated carbocycles. The normalized spacial score (nSPS) is 20.8. The molecule has 1 aliphatic rings. The van der Waals surface area contributed by atoms with E-state index in [1.54, 1.807) is 12.1 Å². The largest absolute Gasteiger partial charge is 0.508 e. The van der Waals surface area contributed by atoms with Crippen LogP contribution >= 0.6 is 0 Å². The number of hydrogen-bond donors (Lipinski definition) is 3. The van der Waals surface area contributed by atoms with Gasteiger partial charge in [0.1, 0.15) is 11.5 Å². The Kier molecular flexibility index (Phi) is 4.55. The van der Waals surface area contributed by atoms with E-state index in [9.17, 15) is 10.2 Å². The first-order chi connectivity index (χ1) is 9.39. The number of phenolic OH excluding ortho intramolecular Hbond substituents is 2. The van der Waals surface area contributed by atoms with Crippen molar-refractivity contribution in [2.45, 2.75) is 32.7 Å². The van der Waals surface area contributed by atoms with Crippen LogP contribution in [0.5, 0.6) is 11.5 Å². The summed E-state index contributed by atoms with van der Waals surface area (Å²) in [6.07, 6.45) is 2.38. The summed E-state index contributed by atoms with van der Waals surface area (Å²) in [5.74, 6) is 0.424. The van der Waals surface area contributed by atoms with Crippen molar-refractivity contribution in [3.63, 3.8) is 0 Å². The molecule has 0 radical (unpaired) electrons. The SMILES string of the molecule is CC(NCC1(C)CCN(C)CC1)c1cc(O)ccc1O. The van der Waals surface area contributed by atoms with Gasteiger partial charge in [-0.15, -0.1) is 0 Å². The standard InChI is InChI=1S/C16H26N2O2/c1-12(14-10-13(19)4-5-15(14)20)17-11-16(2)6-8-18(3)9-7-16/h4-5,10,12,17,19-20H,6-9,11H2,1-3H3. The smallest absolute Gasteiger partial charge is 0.120 e. The molecule has 1 atom stereocenters. The number of likely N-dealkylation sites (tertiary alicyclic amines) is 1. The zero-order chi connectivity index (χ0) is 14.8. The molecule has 2 rings (SSSR count). The Morgan fingerprint density at radius 3 is 2.60 bits per heavy atom. The lowest BCUT2D eigenvalue weighted by Gasteiger charge is -2.38. The minimum absolute atomic E-state index is 0.0265. The Morgan fingerprint density at radius 1 is 1.30 bits per heavy atom. The maximum atomic E-state index is 9.88. The molecule has 1 unspecified atom stereocenters. The third-order valence-corrected chi connectivity index (χ3v) is 4.51. The van der Waals surface area contributed by atoms with Gasteiger partial charge in [-0.3, -0.25) is 0 Å². The van der Waals surface area contributed by atoms with Crippen LogP contribution in [0.1, 0.15) is 38.3 Å². The molecular formula is C16H26N2O2. The summed E-state index contributed by atoms with van der Waals surface area (Å²) in [7, 11) is 2.17. The van der Waals surface area contributed by atoms with E-state index in [0.29, 0.717) is 5.41 Å². The first-order valence-corrected chi connectivity index (χ1v) is 7.33. The number of nitrogens with zero attached hydrogens (tertiary/aromatic N) is 1. The van der Waals surface area contributed by atoms with Gasteiger partial charge in [0, 0.05) is 18.2 Å². The van der Waals surface area contributed by atoms with Crippen LogP contribution in [-0.2, 0) is 0 Å². The molecule has 1 heterocycles. The van der Waals surface area contributed by atoms with E-state index in [-0.39, 0.29) is 17.5 Å². The van der Waals surface area contributed by atoms with Gasteiger partial charge in [-0.05, 0) is 63.5 Å². The quantitative estimate of drug-likeness (QED) is 0.741. The van der Waals surface area contributed by atoms with E-state index >= 15 is 0 Å². The second kappa shape index (κ2) is 6.02. The molecule has 3 N–H and O–H groups in total. The Labute approximate surface area is 121 Å². The Bertz CT molecular complexity index is 454. The lowest BCUT2D eigenvalue weighted by atomic mass is 9.80. The van der Waals surface area contributed by atoms with Crippen molar-refractivity contribution in [1.82, 2.24) is 10.2 Å². The summed E-state index contributed by atoms with van der Waals surface area (Å²) in [5, 5.41) is 22.9. The van der Waals surface area contributed by atoms with E-state index in [2.05, 4.69) is 24.2 Å². The highest BCUT2D eigenvalue weighted by atomic mass is 16.3. The molecule has 20 heavy (non-hydrogen) atoms. The molecule has 1 saturated heterocycles. The Morgan fingerprint density at radius 2 is 1.95 bits per heavy atom. The first-order valence-electron chi connectivity index (χ1n) is 7.33. The number of piperidine rings is 1. The fourth-order valence-electron chi connectivity index (χ4n) is 2.73. The molecule has 1 aliphatic heterocycles. The average molecular weight is 278 g/mol. The maximum absolute atomic E-state index is 9.88. The van der Waals surface area contributed by atoms with Gasteiger partial charge in [-0.1, -0.05) is 6.92 Å². The molecule has 0 aliphatic carbocycles. The number of phenols is 2. The molecule has 4 heteroatoms. The third-order valence-electron chi connectivity index (χ3n) is 4.51. The molecular weight excluding hydrogens is 252 g/mol. The fourth-order valence-corrected chi connectivity index (χ4v) is 2.73. The number of nitrogens with one attached hydrogen (secondary N) is 1. The predicted octanol–water partition coefficient (Wildman–Crippen LogP) is 2.48. The van der Waals surface area contributed by atoms with E-state index in [1.807, 2.05) is 6.92 Å². The second-order valence-electron chi connectivity index (χ2n) is 6.46. The van der Waals surface area contributed by atoms with Crippen LogP contribution < -0.4 is 5.32 Å². The van der Waals surface area contributed by atoms with Gasteiger partial charge >= 0.3 is 0 Å². The zero-order valence-electron chi connectivity index (χ0n) is 12.7. The summed E-state index contributed by atoms with van der Waals surface area (Å²) in [4.78, 5) is 2.37. The lowest BCUT2D eigenvalue weighted by Crippen LogP contribution is -2.42. The molecule has 0 amide bonds. The zero-order valence-corrected chi connectivity index (χ0v) is 12.7.